The second-order valence-electron chi connectivity index (χ2n) is 6.56. The van der Waals surface area contributed by atoms with E-state index < -0.39 is 22.3 Å². The number of carbonyl (C=O) groups is 1. The molecule has 1 aromatic carbocycles. The lowest BCUT2D eigenvalue weighted by Crippen LogP contribution is -2.35. The van der Waals surface area contributed by atoms with Crippen molar-refractivity contribution in [2.75, 3.05) is 13.1 Å². The van der Waals surface area contributed by atoms with Gasteiger partial charge in [0.05, 0.1) is 12.1 Å². The lowest BCUT2D eigenvalue weighted by molar-refractivity contribution is -0.138. The van der Waals surface area contributed by atoms with E-state index in [4.69, 9.17) is 11.6 Å². The summed E-state index contributed by atoms with van der Waals surface area (Å²) in [6.45, 7) is 1.29. The number of pyridine rings is 1. The number of likely N-dealkylation sites (tertiary alicyclic amines) is 1. The van der Waals surface area contributed by atoms with E-state index in [9.17, 15) is 22.8 Å². The van der Waals surface area contributed by atoms with Gasteiger partial charge < -0.3 is 9.47 Å². The van der Waals surface area contributed by atoms with E-state index in [0.717, 1.165) is 30.0 Å². The Hall–Kier alpha value is -2.28. The molecular weight excluding hydrogens is 381 g/mol. The molecule has 4 nitrogen and oxygen atoms in total. The van der Waals surface area contributed by atoms with Gasteiger partial charge in [-0.2, -0.15) is 13.2 Å². The Balaban J connectivity index is 1.87. The van der Waals surface area contributed by atoms with Crippen molar-refractivity contribution in [1.82, 2.24) is 9.47 Å². The molecule has 8 heteroatoms. The third-order valence-electron chi connectivity index (χ3n) is 4.54. The number of nitrogens with zero attached hydrogens (tertiary/aromatic N) is 2. The topological polar surface area (TPSA) is 42.3 Å². The average Bonchev–Trinajstić information content (AvgIpc) is 2.65. The maximum absolute atomic E-state index is 13.0. The lowest BCUT2D eigenvalue weighted by atomic mass is 10.1. The van der Waals surface area contributed by atoms with Crippen molar-refractivity contribution in [2.45, 2.75) is 32.0 Å². The molecule has 1 aliphatic rings. The Morgan fingerprint density at radius 1 is 1.11 bits per heavy atom. The van der Waals surface area contributed by atoms with Crippen LogP contribution in [0.2, 0.25) is 5.02 Å². The number of alkyl halides is 3. The molecule has 0 unspecified atom stereocenters. The van der Waals surface area contributed by atoms with Crippen molar-refractivity contribution >= 4 is 17.5 Å². The van der Waals surface area contributed by atoms with Crippen molar-refractivity contribution < 1.29 is 18.0 Å². The third-order valence-corrected chi connectivity index (χ3v) is 4.81. The predicted octanol–water partition coefficient (Wildman–Crippen LogP) is 4.19. The van der Waals surface area contributed by atoms with Crippen molar-refractivity contribution in [3.05, 3.63) is 68.6 Å². The van der Waals surface area contributed by atoms with Crippen LogP contribution >= 0.6 is 11.6 Å². The van der Waals surface area contributed by atoms with Gasteiger partial charge in [0.2, 0.25) is 0 Å². The van der Waals surface area contributed by atoms with Crippen LogP contribution in [-0.2, 0) is 12.7 Å². The minimum Gasteiger partial charge on any atom is -0.339 e. The van der Waals surface area contributed by atoms with Gasteiger partial charge in [0.1, 0.15) is 5.02 Å². The zero-order valence-corrected chi connectivity index (χ0v) is 15.2. The van der Waals surface area contributed by atoms with Crippen molar-refractivity contribution in [3.8, 4) is 0 Å². The number of halogens is 4. The molecule has 1 aliphatic heterocycles. The van der Waals surface area contributed by atoms with Gasteiger partial charge in [-0.3, -0.25) is 9.59 Å². The van der Waals surface area contributed by atoms with Crippen LogP contribution in [-0.4, -0.2) is 28.5 Å². The minimum atomic E-state index is -4.61. The first-order valence-electron chi connectivity index (χ1n) is 8.61. The average molecular weight is 399 g/mol. The molecule has 0 N–H and O–H groups in total. The second-order valence-corrected chi connectivity index (χ2v) is 6.97. The van der Waals surface area contributed by atoms with E-state index in [1.165, 1.54) is 0 Å². The van der Waals surface area contributed by atoms with E-state index in [2.05, 4.69) is 0 Å². The highest BCUT2D eigenvalue weighted by molar-refractivity contribution is 6.30. The maximum Gasteiger partial charge on any atom is 0.417 e. The van der Waals surface area contributed by atoms with Crippen LogP contribution in [0.1, 0.15) is 40.7 Å². The molecule has 0 saturated carbocycles. The Labute approximate surface area is 159 Å². The van der Waals surface area contributed by atoms with Gasteiger partial charge in [-0.05, 0) is 43.0 Å². The van der Waals surface area contributed by atoms with E-state index in [-0.39, 0.29) is 12.5 Å². The summed E-state index contributed by atoms with van der Waals surface area (Å²) in [4.78, 5) is 26.5. The summed E-state index contributed by atoms with van der Waals surface area (Å²) in [5.41, 5.74) is -0.694. The first-order chi connectivity index (χ1) is 12.8. The highest BCUT2D eigenvalue weighted by Crippen LogP contribution is 2.29. The number of hydrogen-bond donors (Lipinski definition) is 0. The summed E-state index contributed by atoms with van der Waals surface area (Å²) >= 11 is 5.68. The molecule has 3 rings (SSSR count). The van der Waals surface area contributed by atoms with Gasteiger partial charge in [0.25, 0.3) is 11.5 Å². The highest BCUT2D eigenvalue weighted by Gasteiger charge is 2.32. The smallest absolute Gasteiger partial charge is 0.339 e. The van der Waals surface area contributed by atoms with Crippen LogP contribution in [0.3, 0.4) is 0 Å². The van der Waals surface area contributed by atoms with Crippen molar-refractivity contribution in [3.63, 3.8) is 0 Å². The summed E-state index contributed by atoms with van der Waals surface area (Å²) in [6, 6.07) is 7.22. The fourth-order valence-electron chi connectivity index (χ4n) is 3.15. The molecule has 2 aromatic rings. The molecule has 1 fully saturated rings. The van der Waals surface area contributed by atoms with Crippen LogP contribution in [0.4, 0.5) is 13.2 Å². The molecule has 0 bridgehead atoms. The van der Waals surface area contributed by atoms with Crippen molar-refractivity contribution in [2.24, 2.45) is 0 Å². The standard InChI is InChI=1S/C19H18ClF3N2O2/c20-16-10-15(19(21,22)23)12-25(18(16)27)11-13-5-4-6-14(9-13)17(26)24-7-2-1-3-8-24/h4-6,9-10,12H,1-3,7-8,11H2. The summed E-state index contributed by atoms with van der Waals surface area (Å²) in [6.07, 6.45) is -0.839. The second kappa shape index (κ2) is 7.76. The molecule has 0 radical (unpaired) electrons. The first kappa shape index (κ1) is 19.5. The summed E-state index contributed by atoms with van der Waals surface area (Å²) in [7, 11) is 0. The zero-order chi connectivity index (χ0) is 19.6. The van der Waals surface area contributed by atoms with Crippen LogP contribution in [0.25, 0.3) is 0 Å². The Kier molecular flexibility index (Phi) is 5.60. The molecular formula is C19H18ClF3N2O2. The van der Waals surface area contributed by atoms with Crippen LogP contribution in [0.15, 0.2) is 41.3 Å². The summed E-state index contributed by atoms with van der Waals surface area (Å²) in [5.74, 6) is -0.106. The molecule has 144 valence electrons. The van der Waals surface area contributed by atoms with Crippen LogP contribution in [0.5, 0.6) is 0 Å². The quantitative estimate of drug-likeness (QED) is 0.777. The fourth-order valence-corrected chi connectivity index (χ4v) is 3.38. The monoisotopic (exact) mass is 398 g/mol. The predicted molar refractivity (Wildman–Crippen MR) is 96.0 cm³/mol. The molecule has 1 saturated heterocycles. The maximum atomic E-state index is 13.0. The summed E-state index contributed by atoms with van der Waals surface area (Å²) < 4.78 is 39.8. The number of carbonyl (C=O) groups excluding carboxylic acids is 1. The zero-order valence-electron chi connectivity index (χ0n) is 14.4. The van der Waals surface area contributed by atoms with E-state index in [0.29, 0.717) is 30.3 Å². The number of amides is 1. The fraction of sp³-hybridized carbons (Fsp3) is 0.368. The normalized spacial score (nSPS) is 15.0. The van der Waals surface area contributed by atoms with Crippen molar-refractivity contribution in [1.29, 1.82) is 0 Å². The highest BCUT2D eigenvalue weighted by atomic mass is 35.5. The Morgan fingerprint density at radius 2 is 1.81 bits per heavy atom. The van der Waals surface area contributed by atoms with Gasteiger partial charge in [-0.15, -0.1) is 0 Å². The Morgan fingerprint density at radius 3 is 2.48 bits per heavy atom. The third kappa shape index (κ3) is 4.53. The first-order valence-corrected chi connectivity index (χ1v) is 8.99. The molecule has 0 atom stereocenters. The number of piperidine rings is 1. The van der Waals surface area contributed by atoms with E-state index in [1.54, 1.807) is 29.2 Å². The van der Waals surface area contributed by atoms with Gasteiger partial charge in [-0.25, -0.2) is 0 Å². The van der Waals surface area contributed by atoms with Gasteiger partial charge in [0.15, 0.2) is 0 Å². The molecule has 2 heterocycles. The van der Waals surface area contributed by atoms with E-state index >= 15 is 0 Å². The molecule has 1 aromatic heterocycles. The largest absolute Gasteiger partial charge is 0.417 e. The van der Waals surface area contributed by atoms with Gasteiger partial charge in [-0.1, -0.05) is 23.7 Å². The molecule has 0 aliphatic carbocycles. The summed E-state index contributed by atoms with van der Waals surface area (Å²) in [5, 5.41) is -0.495. The van der Waals surface area contributed by atoms with E-state index in [1.807, 2.05) is 0 Å². The molecule has 0 spiro atoms. The molecule has 1 amide bonds. The van der Waals surface area contributed by atoms with Crippen LogP contribution in [0, 0.1) is 0 Å². The number of benzene rings is 1. The van der Waals surface area contributed by atoms with Crippen LogP contribution < -0.4 is 5.56 Å². The Bertz CT molecular complexity index is 903. The van der Waals surface area contributed by atoms with Gasteiger partial charge >= 0.3 is 6.18 Å². The lowest BCUT2D eigenvalue weighted by Gasteiger charge is -2.26. The number of aromatic nitrogens is 1. The SMILES string of the molecule is O=C(c1cccc(Cn2cc(C(F)(F)F)cc(Cl)c2=O)c1)N1CCCCC1. The minimum absolute atomic E-state index is 0.106. The molecule has 27 heavy (non-hydrogen) atoms. The number of hydrogen-bond acceptors (Lipinski definition) is 2. The number of rotatable bonds is 3. The van der Waals surface area contributed by atoms with Gasteiger partial charge in [0, 0.05) is 24.8 Å².